The third kappa shape index (κ3) is 3.56. The van der Waals surface area contributed by atoms with Crippen LogP contribution >= 0.6 is 0 Å². The summed E-state index contributed by atoms with van der Waals surface area (Å²) in [7, 11) is 0. The lowest BCUT2D eigenvalue weighted by molar-refractivity contribution is 0.142. The highest BCUT2D eigenvalue weighted by atomic mass is 16.3. The van der Waals surface area contributed by atoms with Gasteiger partial charge < -0.3 is 10.2 Å². The zero-order valence-corrected chi connectivity index (χ0v) is 8.23. The number of aliphatic hydroxyl groups is 2. The van der Waals surface area contributed by atoms with Gasteiger partial charge in [0.25, 0.3) is 0 Å². The van der Waals surface area contributed by atoms with Crippen LogP contribution in [0.1, 0.15) is 25.5 Å². The summed E-state index contributed by atoms with van der Waals surface area (Å²) >= 11 is 0. The number of hydrogen-bond acceptors (Lipinski definition) is 3. The third-order valence-corrected chi connectivity index (χ3v) is 1.51. The molecule has 1 atom stereocenters. The molecular formula is C11H13NO2. The van der Waals surface area contributed by atoms with Crippen molar-refractivity contribution in [1.82, 2.24) is 4.98 Å². The molecule has 0 fully saturated rings. The summed E-state index contributed by atoms with van der Waals surface area (Å²) in [5.41, 5.74) is -0.451. The molecule has 0 bridgehead atoms. The Labute approximate surface area is 83.4 Å². The van der Waals surface area contributed by atoms with E-state index in [-0.39, 0.29) is 0 Å². The lowest BCUT2D eigenvalue weighted by atomic mass is 10.1. The molecule has 74 valence electrons. The van der Waals surface area contributed by atoms with Gasteiger partial charge in [0.05, 0.1) is 0 Å². The summed E-state index contributed by atoms with van der Waals surface area (Å²) < 4.78 is 0. The second-order valence-corrected chi connectivity index (χ2v) is 3.52. The van der Waals surface area contributed by atoms with Gasteiger partial charge in [0.2, 0.25) is 0 Å². The quantitative estimate of drug-likeness (QED) is 0.648. The Morgan fingerprint density at radius 2 is 2.21 bits per heavy atom. The van der Waals surface area contributed by atoms with E-state index >= 15 is 0 Å². The average Bonchev–Trinajstić information content (AvgIpc) is 2.14. The first-order valence-electron chi connectivity index (χ1n) is 4.32. The molecule has 0 spiro atoms. The van der Waals surface area contributed by atoms with E-state index in [0.717, 1.165) is 0 Å². The summed E-state index contributed by atoms with van der Waals surface area (Å²) in [4.78, 5) is 3.86. The van der Waals surface area contributed by atoms with Gasteiger partial charge in [-0.1, -0.05) is 17.9 Å². The van der Waals surface area contributed by atoms with Crippen molar-refractivity contribution in [3.8, 4) is 11.8 Å². The first kappa shape index (κ1) is 10.7. The Morgan fingerprint density at radius 1 is 1.50 bits per heavy atom. The van der Waals surface area contributed by atoms with Gasteiger partial charge in [-0.3, -0.25) is 4.98 Å². The van der Waals surface area contributed by atoms with E-state index in [4.69, 9.17) is 0 Å². The molecule has 1 aromatic rings. The lowest BCUT2D eigenvalue weighted by Crippen LogP contribution is -2.15. The minimum atomic E-state index is -1.08. The SMILES string of the molecule is CC(C)(O)C#C[C@H](O)c1cccnc1. The van der Waals surface area contributed by atoms with E-state index < -0.39 is 11.7 Å². The smallest absolute Gasteiger partial charge is 0.141 e. The van der Waals surface area contributed by atoms with E-state index in [1.807, 2.05) is 0 Å². The van der Waals surface area contributed by atoms with Crippen molar-refractivity contribution in [2.24, 2.45) is 0 Å². The number of rotatable bonds is 1. The molecule has 2 N–H and O–H groups in total. The molecule has 0 aliphatic heterocycles. The highest BCUT2D eigenvalue weighted by Crippen LogP contribution is 2.09. The lowest BCUT2D eigenvalue weighted by Gasteiger charge is -2.07. The molecule has 0 saturated heterocycles. The van der Waals surface area contributed by atoms with Crippen LogP contribution in [0.2, 0.25) is 0 Å². The van der Waals surface area contributed by atoms with Gasteiger partial charge >= 0.3 is 0 Å². The second-order valence-electron chi connectivity index (χ2n) is 3.52. The molecule has 0 saturated carbocycles. The van der Waals surface area contributed by atoms with Crippen molar-refractivity contribution in [1.29, 1.82) is 0 Å². The van der Waals surface area contributed by atoms with Gasteiger partial charge in [-0.2, -0.15) is 0 Å². The largest absolute Gasteiger partial charge is 0.378 e. The highest BCUT2D eigenvalue weighted by Gasteiger charge is 2.08. The normalized spacial score (nSPS) is 12.9. The van der Waals surface area contributed by atoms with Crippen LogP contribution in [0.15, 0.2) is 24.5 Å². The van der Waals surface area contributed by atoms with Crippen molar-refractivity contribution in [3.63, 3.8) is 0 Å². The highest BCUT2D eigenvalue weighted by molar-refractivity contribution is 5.23. The maximum absolute atomic E-state index is 9.56. The number of hydrogen-bond donors (Lipinski definition) is 2. The van der Waals surface area contributed by atoms with Gasteiger partial charge in [0.1, 0.15) is 11.7 Å². The average molecular weight is 191 g/mol. The molecule has 0 aliphatic rings. The molecule has 0 aliphatic carbocycles. The van der Waals surface area contributed by atoms with Crippen molar-refractivity contribution >= 4 is 0 Å². The predicted octanol–water partition coefficient (Wildman–Crippen LogP) is 0.889. The molecule has 3 nitrogen and oxygen atoms in total. The van der Waals surface area contributed by atoms with Crippen LogP contribution in [0, 0.1) is 11.8 Å². The third-order valence-electron chi connectivity index (χ3n) is 1.51. The summed E-state index contributed by atoms with van der Waals surface area (Å²) in [6.45, 7) is 3.13. The van der Waals surface area contributed by atoms with Crippen LogP contribution in [0.3, 0.4) is 0 Å². The van der Waals surface area contributed by atoms with Crippen LogP contribution in [0.25, 0.3) is 0 Å². The van der Waals surface area contributed by atoms with Gasteiger partial charge in [0.15, 0.2) is 0 Å². The van der Waals surface area contributed by atoms with Gasteiger partial charge in [-0.05, 0) is 19.9 Å². The topological polar surface area (TPSA) is 53.4 Å². The zero-order valence-electron chi connectivity index (χ0n) is 8.23. The Morgan fingerprint density at radius 3 is 2.71 bits per heavy atom. The van der Waals surface area contributed by atoms with E-state index in [0.29, 0.717) is 5.56 Å². The van der Waals surface area contributed by atoms with E-state index in [1.165, 1.54) is 0 Å². The van der Waals surface area contributed by atoms with E-state index in [1.54, 1.807) is 38.4 Å². The molecule has 0 amide bonds. The van der Waals surface area contributed by atoms with Crippen LogP contribution in [0.5, 0.6) is 0 Å². The molecule has 1 rings (SSSR count). The van der Waals surface area contributed by atoms with Gasteiger partial charge in [0, 0.05) is 18.0 Å². The molecule has 0 unspecified atom stereocenters. The van der Waals surface area contributed by atoms with Crippen molar-refractivity contribution in [2.45, 2.75) is 25.6 Å². The first-order valence-corrected chi connectivity index (χ1v) is 4.32. The zero-order chi connectivity index (χ0) is 10.6. The summed E-state index contributed by atoms with van der Waals surface area (Å²) in [5, 5.41) is 18.9. The van der Waals surface area contributed by atoms with Gasteiger partial charge in [-0.15, -0.1) is 0 Å². The van der Waals surface area contributed by atoms with E-state index in [9.17, 15) is 10.2 Å². The van der Waals surface area contributed by atoms with Crippen LogP contribution < -0.4 is 0 Å². The maximum Gasteiger partial charge on any atom is 0.141 e. The minimum Gasteiger partial charge on any atom is -0.378 e. The molecule has 1 heterocycles. The summed E-state index contributed by atoms with van der Waals surface area (Å²) in [6.07, 6.45) is 2.28. The molecular weight excluding hydrogens is 178 g/mol. The Bertz CT molecular complexity index is 343. The van der Waals surface area contributed by atoms with E-state index in [2.05, 4.69) is 16.8 Å². The molecule has 1 aromatic heterocycles. The molecule has 0 aromatic carbocycles. The summed E-state index contributed by atoms with van der Waals surface area (Å²) in [5.74, 6) is 5.10. The van der Waals surface area contributed by atoms with Gasteiger partial charge in [-0.25, -0.2) is 0 Å². The van der Waals surface area contributed by atoms with Crippen LogP contribution in [-0.2, 0) is 0 Å². The van der Waals surface area contributed by atoms with Crippen LogP contribution in [-0.4, -0.2) is 20.8 Å². The first-order chi connectivity index (χ1) is 6.49. The number of nitrogens with zero attached hydrogens (tertiary/aromatic N) is 1. The number of aliphatic hydroxyl groups excluding tert-OH is 1. The van der Waals surface area contributed by atoms with Crippen molar-refractivity contribution < 1.29 is 10.2 Å². The Kier molecular flexibility index (Phi) is 3.23. The fraction of sp³-hybridized carbons (Fsp3) is 0.364. The fourth-order valence-electron chi connectivity index (χ4n) is 0.866. The maximum atomic E-state index is 9.56. The predicted molar refractivity (Wildman–Crippen MR) is 53.3 cm³/mol. The number of aromatic nitrogens is 1. The summed E-state index contributed by atoms with van der Waals surface area (Å²) in [6, 6.07) is 3.46. The molecule has 14 heavy (non-hydrogen) atoms. The molecule has 0 radical (unpaired) electrons. The Hall–Kier alpha value is -1.37. The van der Waals surface area contributed by atoms with Crippen molar-refractivity contribution in [2.75, 3.05) is 0 Å². The fourth-order valence-corrected chi connectivity index (χ4v) is 0.866. The van der Waals surface area contributed by atoms with Crippen molar-refractivity contribution in [3.05, 3.63) is 30.1 Å². The number of pyridine rings is 1. The monoisotopic (exact) mass is 191 g/mol. The minimum absolute atomic E-state index is 0.629. The molecule has 3 heteroatoms. The second kappa shape index (κ2) is 4.23. The Balaban J connectivity index is 2.76. The van der Waals surface area contributed by atoms with Crippen LogP contribution in [0.4, 0.5) is 0 Å². The standard InChI is InChI=1S/C11H13NO2/c1-11(2,14)6-5-10(13)9-4-3-7-12-8-9/h3-4,7-8,10,13-14H,1-2H3/t10-/m0/s1.